The van der Waals surface area contributed by atoms with Crippen LogP contribution in [0, 0.1) is 5.92 Å². The summed E-state index contributed by atoms with van der Waals surface area (Å²) in [5.41, 5.74) is 5.80. The summed E-state index contributed by atoms with van der Waals surface area (Å²) in [7, 11) is -1.67. The van der Waals surface area contributed by atoms with Gasteiger partial charge in [0.15, 0.2) is 0 Å². The van der Waals surface area contributed by atoms with Crippen molar-refractivity contribution in [3.8, 4) is 0 Å². The van der Waals surface area contributed by atoms with E-state index in [9.17, 15) is 8.42 Å². The van der Waals surface area contributed by atoms with E-state index in [4.69, 9.17) is 5.73 Å². The molecule has 1 aliphatic heterocycles. The standard InChI is InChI=1S/C10H23N3O2S.ClH/c1-8(2)12(4)16(14,15)13-6-5-10(7-13)9(3)11;/h8-10H,5-7,11H2,1-4H3;1H. The van der Waals surface area contributed by atoms with Gasteiger partial charge in [0.25, 0.3) is 10.2 Å². The van der Waals surface area contributed by atoms with Gasteiger partial charge in [-0.3, -0.25) is 0 Å². The van der Waals surface area contributed by atoms with E-state index in [1.165, 1.54) is 4.31 Å². The normalized spacial score (nSPS) is 24.1. The van der Waals surface area contributed by atoms with Crippen molar-refractivity contribution in [1.82, 2.24) is 8.61 Å². The molecule has 0 radical (unpaired) electrons. The topological polar surface area (TPSA) is 66.6 Å². The highest BCUT2D eigenvalue weighted by Gasteiger charge is 2.35. The van der Waals surface area contributed by atoms with E-state index in [0.717, 1.165) is 6.42 Å². The summed E-state index contributed by atoms with van der Waals surface area (Å²) in [6.45, 7) is 6.82. The van der Waals surface area contributed by atoms with Gasteiger partial charge in [0.1, 0.15) is 0 Å². The zero-order chi connectivity index (χ0) is 12.5. The molecule has 0 saturated carbocycles. The molecular weight excluding hydrogens is 262 g/mol. The predicted molar refractivity (Wildman–Crippen MR) is 72.4 cm³/mol. The third-order valence-electron chi connectivity index (χ3n) is 3.35. The van der Waals surface area contributed by atoms with Gasteiger partial charge in [0.05, 0.1) is 0 Å². The SMILES string of the molecule is CC(N)C1CCN(S(=O)(=O)N(C)C(C)C)C1.Cl. The second kappa shape index (κ2) is 6.33. The molecule has 1 rings (SSSR count). The first-order valence-corrected chi connectivity index (χ1v) is 7.15. The molecule has 0 amide bonds. The van der Waals surface area contributed by atoms with Crippen molar-refractivity contribution in [3.63, 3.8) is 0 Å². The van der Waals surface area contributed by atoms with Gasteiger partial charge < -0.3 is 5.73 Å². The molecule has 1 saturated heterocycles. The Bertz CT molecular complexity index is 332. The van der Waals surface area contributed by atoms with Crippen LogP contribution in [0.15, 0.2) is 0 Å². The van der Waals surface area contributed by atoms with E-state index in [0.29, 0.717) is 13.1 Å². The Morgan fingerprint density at radius 1 is 1.35 bits per heavy atom. The molecule has 1 fully saturated rings. The van der Waals surface area contributed by atoms with Crippen LogP contribution in [0.1, 0.15) is 27.2 Å². The van der Waals surface area contributed by atoms with Crippen molar-refractivity contribution in [3.05, 3.63) is 0 Å². The van der Waals surface area contributed by atoms with Crippen LogP contribution in [0.5, 0.6) is 0 Å². The van der Waals surface area contributed by atoms with Crippen LogP contribution in [-0.4, -0.2) is 49.2 Å². The van der Waals surface area contributed by atoms with E-state index in [-0.39, 0.29) is 30.4 Å². The average molecular weight is 286 g/mol. The molecule has 0 aromatic rings. The van der Waals surface area contributed by atoms with Crippen LogP contribution >= 0.6 is 12.4 Å². The summed E-state index contributed by atoms with van der Waals surface area (Å²) < 4.78 is 27.3. The van der Waals surface area contributed by atoms with Gasteiger partial charge >= 0.3 is 0 Å². The lowest BCUT2D eigenvalue weighted by atomic mass is 10.0. The summed E-state index contributed by atoms with van der Waals surface area (Å²) >= 11 is 0. The van der Waals surface area contributed by atoms with E-state index < -0.39 is 10.2 Å². The van der Waals surface area contributed by atoms with Crippen LogP contribution < -0.4 is 5.73 Å². The molecule has 17 heavy (non-hydrogen) atoms. The third-order valence-corrected chi connectivity index (χ3v) is 5.48. The highest BCUT2D eigenvalue weighted by atomic mass is 35.5. The quantitative estimate of drug-likeness (QED) is 0.825. The number of rotatable bonds is 4. The van der Waals surface area contributed by atoms with E-state index in [1.54, 1.807) is 11.4 Å². The first-order valence-electron chi connectivity index (χ1n) is 5.75. The summed E-state index contributed by atoms with van der Waals surface area (Å²) in [4.78, 5) is 0. The maximum Gasteiger partial charge on any atom is 0.281 e. The first kappa shape index (κ1) is 17.1. The fourth-order valence-electron chi connectivity index (χ4n) is 1.84. The molecule has 7 heteroatoms. The van der Waals surface area contributed by atoms with Gasteiger partial charge in [0.2, 0.25) is 0 Å². The Labute approximate surface area is 111 Å². The summed E-state index contributed by atoms with van der Waals surface area (Å²) in [5, 5.41) is 0. The fraction of sp³-hybridized carbons (Fsp3) is 1.00. The monoisotopic (exact) mass is 285 g/mol. The van der Waals surface area contributed by atoms with Gasteiger partial charge in [-0.2, -0.15) is 17.0 Å². The molecule has 0 aromatic heterocycles. The Hall–Kier alpha value is 0.120. The van der Waals surface area contributed by atoms with Crippen molar-refractivity contribution >= 4 is 22.6 Å². The lowest BCUT2D eigenvalue weighted by molar-refractivity contribution is 0.350. The van der Waals surface area contributed by atoms with Gasteiger partial charge in [-0.15, -0.1) is 12.4 Å². The zero-order valence-electron chi connectivity index (χ0n) is 11.0. The molecule has 2 atom stereocenters. The number of nitrogens with two attached hydrogens (primary N) is 1. The average Bonchev–Trinajstić information content (AvgIpc) is 2.65. The fourth-order valence-corrected chi connectivity index (χ4v) is 3.45. The number of nitrogens with zero attached hydrogens (tertiary/aromatic N) is 2. The summed E-state index contributed by atoms with van der Waals surface area (Å²) in [6, 6.07) is 0.0453. The summed E-state index contributed by atoms with van der Waals surface area (Å²) in [6.07, 6.45) is 0.864. The van der Waals surface area contributed by atoms with Gasteiger partial charge in [-0.05, 0) is 33.1 Å². The van der Waals surface area contributed by atoms with Crippen LogP contribution in [0.25, 0.3) is 0 Å². The van der Waals surface area contributed by atoms with Gasteiger partial charge in [-0.1, -0.05) is 0 Å². The van der Waals surface area contributed by atoms with Crippen LogP contribution in [-0.2, 0) is 10.2 Å². The van der Waals surface area contributed by atoms with Crippen molar-refractivity contribution in [2.24, 2.45) is 11.7 Å². The lowest BCUT2D eigenvalue weighted by Crippen LogP contribution is -2.44. The molecule has 2 unspecified atom stereocenters. The Kier molecular flexibility index (Phi) is 6.38. The van der Waals surface area contributed by atoms with Crippen molar-refractivity contribution in [2.45, 2.75) is 39.3 Å². The van der Waals surface area contributed by atoms with Crippen LogP contribution in [0.4, 0.5) is 0 Å². The first-order chi connectivity index (χ1) is 7.26. The minimum atomic E-state index is -3.29. The molecule has 104 valence electrons. The number of hydrogen-bond donors (Lipinski definition) is 1. The third kappa shape index (κ3) is 3.79. The second-order valence-corrected chi connectivity index (χ2v) is 6.87. The minimum absolute atomic E-state index is 0. The van der Waals surface area contributed by atoms with E-state index in [2.05, 4.69) is 0 Å². The molecule has 0 bridgehead atoms. The Balaban J connectivity index is 0.00000256. The van der Waals surface area contributed by atoms with Crippen LogP contribution in [0.2, 0.25) is 0 Å². The lowest BCUT2D eigenvalue weighted by Gasteiger charge is -2.27. The zero-order valence-corrected chi connectivity index (χ0v) is 12.6. The van der Waals surface area contributed by atoms with E-state index >= 15 is 0 Å². The van der Waals surface area contributed by atoms with Crippen molar-refractivity contribution < 1.29 is 8.42 Å². The molecule has 1 heterocycles. The Morgan fingerprint density at radius 3 is 2.24 bits per heavy atom. The molecule has 5 nitrogen and oxygen atoms in total. The number of halogens is 1. The molecule has 0 spiro atoms. The van der Waals surface area contributed by atoms with Crippen molar-refractivity contribution in [2.75, 3.05) is 20.1 Å². The molecule has 2 N–H and O–H groups in total. The highest BCUT2D eigenvalue weighted by molar-refractivity contribution is 7.86. The van der Waals surface area contributed by atoms with Gasteiger partial charge in [0, 0.05) is 32.2 Å². The largest absolute Gasteiger partial charge is 0.328 e. The Morgan fingerprint density at radius 2 is 1.88 bits per heavy atom. The number of hydrogen-bond acceptors (Lipinski definition) is 3. The molecular formula is C10H24ClN3O2S. The van der Waals surface area contributed by atoms with Crippen LogP contribution in [0.3, 0.4) is 0 Å². The molecule has 0 aromatic carbocycles. The smallest absolute Gasteiger partial charge is 0.281 e. The molecule has 1 aliphatic rings. The minimum Gasteiger partial charge on any atom is -0.328 e. The second-order valence-electron chi connectivity index (χ2n) is 4.88. The highest BCUT2D eigenvalue weighted by Crippen LogP contribution is 2.23. The summed E-state index contributed by atoms with van der Waals surface area (Å²) in [5.74, 6) is 0.287. The maximum absolute atomic E-state index is 12.2. The van der Waals surface area contributed by atoms with Gasteiger partial charge in [-0.25, -0.2) is 0 Å². The predicted octanol–water partition coefficient (Wildman–Crippen LogP) is 0.662. The maximum atomic E-state index is 12.2. The van der Waals surface area contributed by atoms with E-state index in [1.807, 2.05) is 20.8 Å². The molecule has 0 aliphatic carbocycles. The van der Waals surface area contributed by atoms with Crippen molar-refractivity contribution in [1.29, 1.82) is 0 Å².